The Balaban J connectivity index is 1.77. The van der Waals surface area contributed by atoms with Crippen molar-refractivity contribution in [2.75, 3.05) is 6.54 Å². The van der Waals surface area contributed by atoms with Crippen LogP contribution < -0.4 is 5.32 Å². The van der Waals surface area contributed by atoms with Gasteiger partial charge in [0.1, 0.15) is 5.82 Å². The van der Waals surface area contributed by atoms with Crippen LogP contribution in [0, 0.1) is 5.82 Å². The Labute approximate surface area is 148 Å². The maximum atomic E-state index is 13.2. The van der Waals surface area contributed by atoms with Gasteiger partial charge in [-0.2, -0.15) is 0 Å². The van der Waals surface area contributed by atoms with Gasteiger partial charge in [0, 0.05) is 11.8 Å². The van der Waals surface area contributed by atoms with Crippen LogP contribution in [0.2, 0.25) is 0 Å². The molecule has 0 fully saturated rings. The van der Waals surface area contributed by atoms with E-state index in [4.69, 9.17) is 0 Å². The van der Waals surface area contributed by atoms with Gasteiger partial charge in [0.2, 0.25) is 0 Å². The number of nitrogens with one attached hydrogen (secondary N) is 1. The lowest BCUT2D eigenvalue weighted by atomic mass is 10.1. The number of nitrogens with zero attached hydrogens (tertiary/aromatic N) is 1. The summed E-state index contributed by atoms with van der Waals surface area (Å²) < 4.78 is 15.2. The Morgan fingerprint density at radius 1 is 1.16 bits per heavy atom. The largest absolute Gasteiger partial charge is 0.378 e. The number of allylic oxidation sites excluding steroid dienone is 1. The molecule has 5 heteroatoms. The standard InChI is InChI=1S/C20H15FN2OS/c1-13-12-22-16(11-19(24)20-3-2-10-25-20)18-9-8-17(23(13)18)14-4-6-15(21)7-5-14/h2-11,22H,1,12H2/b16-11-. The molecule has 3 heterocycles. The van der Waals surface area contributed by atoms with Crippen LogP contribution in [0.25, 0.3) is 22.7 Å². The van der Waals surface area contributed by atoms with Gasteiger partial charge in [-0.3, -0.25) is 4.79 Å². The van der Waals surface area contributed by atoms with Crippen molar-refractivity contribution in [1.82, 2.24) is 9.88 Å². The van der Waals surface area contributed by atoms with Gasteiger partial charge in [0.05, 0.1) is 28.5 Å². The zero-order valence-corrected chi connectivity index (χ0v) is 14.1. The maximum absolute atomic E-state index is 13.2. The van der Waals surface area contributed by atoms with Crippen LogP contribution in [-0.4, -0.2) is 16.9 Å². The van der Waals surface area contributed by atoms with E-state index in [0.29, 0.717) is 11.4 Å². The molecule has 25 heavy (non-hydrogen) atoms. The molecule has 0 spiro atoms. The van der Waals surface area contributed by atoms with Gasteiger partial charge in [-0.15, -0.1) is 11.3 Å². The number of rotatable bonds is 3. The van der Waals surface area contributed by atoms with Crippen LogP contribution in [0.15, 0.2) is 66.6 Å². The fraction of sp³-hybridized carbons (Fsp3) is 0.0500. The second kappa shape index (κ2) is 6.18. The smallest absolute Gasteiger partial charge is 0.197 e. The van der Waals surface area contributed by atoms with Gasteiger partial charge in [-0.25, -0.2) is 4.39 Å². The number of carbonyl (C=O) groups is 1. The Morgan fingerprint density at radius 3 is 2.64 bits per heavy atom. The Hall–Kier alpha value is -2.92. The molecular formula is C20H15FN2OS. The number of hydrogen-bond donors (Lipinski definition) is 1. The van der Waals surface area contributed by atoms with Crippen molar-refractivity contribution in [3.8, 4) is 11.3 Å². The molecule has 0 aliphatic carbocycles. The quantitative estimate of drug-likeness (QED) is 0.551. The first kappa shape index (κ1) is 15.6. The summed E-state index contributed by atoms with van der Waals surface area (Å²) >= 11 is 1.42. The van der Waals surface area contributed by atoms with Crippen LogP contribution in [0.4, 0.5) is 4.39 Å². The van der Waals surface area contributed by atoms with E-state index < -0.39 is 0 Å². The third-order valence-corrected chi connectivity index (χ3v) is 5.02. The van der Waals surface area contributed by atoms with Gasteiger partial charge in [0.25, 0.3) is 0 Å². The number of carbonyl (C=O) groups excluding carboxylic acids is 1. The van der Waals surface area contributed by atoms with Crippen LogP contribution in [-0.2, 0) is 0 Å². The molecule has 3 nitrogen and oxygen atoms in total. The molecule has 4 rings (SSSR count). The second-order valence-electron chi connectivity index (χ2n) is 5.77. The molecule has 2 aromatic heterocycles. The first-order valence-electron chi connectivity index (χ1n) is 7.83. The fourth-order valence-corrected chi connectivity index (χ4v) is 3.58. The lowest BCUT2D eigenvalue weighted by Crippen LogP contribution is -2.26. The number of aromatic nitrogens is 1. The predicted molar refractivity (Wildman–Crippen MR) is 99.8 cm³/mol. The summed E-state index contributed by atoms with van der Waals surface area (Å²) in [4.78, 5) is 13.1. The second-order valence-corrected chi connectivity index (χ2v) is 6.71. The lowest BCUT2D eigenvalue weighted by Gasteiger charge is -2.24. The molecule has 0 amide bonds. The highest BCUT2D eigenvalue weighted by Crippen LogP contribution is 2.31. The lowest BCUT2D eigenvalue weighted by molar-refractivity contribution is 0.105. The highest BCUT2D eigenvalue weighted by molar-refractivity contribution is 7.12. The first-order chi connectivity index (χ1) is 12.1. The minimum atomic E-state index is -0.267. The van der Waals surface area contributed by atoms with Crippen LogP contribution >= 0.6 is 11.3 Å². The number of fused-ring (bicyclic) bond motifs is 1. The highest BCUT2D eigenvalue weighted by atomic mass is 32.1. The number of ketones is 1. The average Bonchev–Trinajstić information content (AvgIpc) is 3.28. The monoisotopic (exact) mass is 350 g/mol. The van der Waals surface area contributed by atoms with Crippen LogP contribution in [0.3, 0.4) is 0 Å². The molecule has 0 atom stereocenters. The van der Waals surface area contributed by atoms with E-state index in [0.717, 1.165) is 28.3 Å². The summed E-state index contributed by atoms with van der Waals surface area (Å²) in [6.45, 7) is 4.65. The summed E-state index contributed by atoms with van der Waals surface area (Å²) in [5, 5.41) is 5.14. The summed E-state index contributed by atoms with van der Waals surface area (Å²) in [7, 11) is 0. The molecule has 0 radical (unpaired) electrons. The fourth-order valence-electron chi connectivity index (χ4n) is 2.95. The molecule has 1 aliphatic rings. The molecule has 1 aliphatic heterocycles. The number of benzene rings is 1. The summed E-state index contributed by atoms with van der Waals surface area (Å²) in [5.41, 5.74) is 4.34. The average molecular weight is 350 g/mol. The molecule has 3 aromatic rings. The van der Waals surface area contributed by atoms with Crippen LogP contribution in [0.5, 0.6) is 0 Å². The zero-order valence-electron chi connectivity index (χ0n) is 13.3. The van der Waals surface area contributed by atoms with E-state index in [9.17, 15) is 9.18 Å². The highest BCUT2D eigenvalue weighted by Gasteiger charge is 2.21. The molecule has 124 valence electrons. The Bertz CT molecular complexity index is 981. The number of hydrogen-bond acceptors (Lipinski definition) is 3. The Morgan fingerprint density at radius 2 is 1.92 bits per heavy atom. The SMILES string of the molecule is C=C1CN/C(=C\C(=O)c2cccs2)c2ccc(-c3ccc(F)cc3)n21. The third kappa shape index (κ3) is 2.83. The van der Waals surface area contributed by atoms with Crippen molar-refractivity contribution in [2.24, 2.45) is 0 Å². The van der Waals surface area contributed by atoms with Gasteiger partial charge in [-0.1, -0.05) is 12.6 Å². The van der Waals surface area contributed by atoms with Crippen molar-refractivity contribution in [2.45, 2.75) is 0 Å². The van der Waals surface area contributed by atoms with Crippen molar-refractivity contribution in [1.29, 1.82) is 0 Å². The van der Waals surface area contributed by atoms with E-state index >= 15 is 0 Å². The number of thiophene rings is 1. The molecule has 0 bridgehead atoms. The minimum Gasteiger partial charge on any atom is -0.378 e. The van der Waals surface area contributed by atoms with E-state index in [1.807, 2.05) is 34.2 Å². The van der Waals surface area contributed by atoms with E-state index in [-0.39, 0.29) is 11.6 Å². The molecule has 0 saturated carbocycles. The van der Waals surface area contributed by atoms with E-state index in [1.54, 1.807) is 18.2 Å². The van der Waals surface area contributed by atoms with Crippen molar-refractivity contribution in [3.05, 3.63) is 83.0 Å². The van der Waals surface area contributed by atoms with Crippen LogP contribution in [0.1, 0.15) is 15.4 Å². The maximum Gasteiger partial charge on any atom is 0.197 e. The molecule has 1 N–H and O–H groups in total. The van der Waals surface area contributed by atoms with Gasteiger partial charge in [0.15, 0.2) is 5.78 Å². The molecule has 0 saturated heterocycles. The minimum absolute atomic E-state index is 0.0268. The molecular weight excluding hydrogens is 335 g/mol. The van der Waals surface area contributed by atoms with Gasteiger partial charge in [-0.05, 0) is 53.4 Å². The van der Waals surface area contributed by atoms with Crippen molar-refractivity contribution >= 4 is 28.5 Å². The van der Waals surface area contributed by atoms with E-state index in [1.165, 1.54) is 23.5 Å². The van der Waals surface area contributed by atoms with Crippen molar-refractivity contribution in [3.63, 3.8) is 0 Å². The van der Waals surface area contributed by atoms with Crippen molar-refractivity contribution < 1.29 is 9.18 Å². The van der Waals surface area contributed by atoms with Gasteiger partial charge < -0.3 is 9.88 Å². The third-order valence-electron chi connectivity index (χ3n) is 4.14. The number of halogens is 1. The summed E-state index contributed by atoms with van der Waals surface area (Å²) in [6, 6.07) is 14.0. The Kier molecular flexibility index (Phi) is 3.86. The zero-order chi connectivity index (χ0) is 17.4. The first-order valence-corrected chi connectivity index (χ1v) is 8.71. The topological polar surface area (TPSA) is 34.0 Å². The van der Waals surface area contributed by atoms with E-state index in [2.05, 4.69) is 11.9 Å². The van der Waals surface area contributed by atoms with Gasteiger partial charge >= 0.3 is 0 Å². The molecule has 0 unspecified atom stereocenters. The molecule has 1 aromatic carbocycles. The predicted octanol–water partition coefficient (Wildman–Crippen LogP) is 4.65. The summed E-state index contributed by atoms with van der Waals surface area (Å²) in [6.07, 6.45) is 1.62. The normalized spacial score (nSPS) is 15.1. The summed E-state index contributed by atoms with van der Waals surface area (Å²) in [5.74, 6) is -0.294.